The molecule has 12 heteroatoms. The smallest absolute Gasteiger partial charge is 0.303 e. The minimum atomic E-state index is -1.75. The number of carbonyl (C=O) groups excluding carboxylic acids is 4. The fourth-order valence-electron chi connectivity index (χ4n) is 8.05. The molecule has 4 aliphatic rings. The Morgan fingerprint density at radius 1 is 0.950 bits per heavy atom. The van der Waals surface area contributed by atoms with Crippen molar-refractivity contribution in [3.8, 4) is 0 Å². The molecule has 3 N–H and O–H groups in total. The van der Waals surface area contributed by atoms with Gasteiger partial charge in [0.25, 0.3) is 0 Å². The van der Waals surface area contributed by atoms with Gasteiger partial charge in [-0.05, 0) is 38.3 Å². The molecule has 2 saturated carbocycles. The number of fused-ring (bicyclic) bond motifs is 4. The van der Waals surface area contributed by atoms with E-state index in [4.69, 9.17) is 23.7 Å². The summed E-state index contributed by atoms with van der Waals surface area (Å²) in [7, 11) is 0. The lowest BCUT2D eigenvalue weighted by Gasteiger charge is -2.65. The predicted octanol–water partition coefficient (Wildman–Crippen LogP) is 0.721. The van der Waals surface area contributed by atoms with E-state index in [0.29, 0.717) is 5.57 Å². The van der Waals surface area contributed by atoms with Crippen molar-refractivity contribution in [3.05, 3.63) is 11.1 Å². The summed E-state index contributed by atoms with van der Waals surface area (Å²) in [5.74, 6) is -3.95. The molecular weight excluding hydrogens is 528 g/mol. The van der Waals surface area contributed by atoms with Gasteiger partial charge in [-0.25, -0.2) is 0 Å². The van der Waals surface area contributed by atoms with Crippen LogP contribution in [0.5, 0.6) is 0 Å². The number of aliphatic hydroxyl groups is 3. The Labute approximate surface area is 232 Å². The van der Waals surface area contributed by atoms with E-state index in [1.165, 1.54) is 34.6 Å². The van der Waals surface area contributed by atoms with Gasteiger partial charge >= 0.3 is 23.9 Å². The molecule has 1 saturated heterocycles. The normalized spacial score (nSPS) is 42.3. The molecule has 0 aromatic rings. The monoisotopic (exact) mass is 568 g/mol. The van der Waals surface area contributed by atoms with Gasteiger partial charge in [0.05, 0.1) is 29.6 Å². The maximum Gasteiger partial charge on any atom is 0.303 e. The van der Waals surface area contributed by atoms with Crippen LogP contribution < -0.4 is 0 Å². The first-order chi connectivity index (χ1) is 18.3. The first-order valence-corrected chi connectivity index (χ1v) is 13.5. The van der Waals surface area contributed by atoms with Gasteiger partial charge in [-0.15, -0.1) is 0 Å². The summed E-state index contributed by atoms with van der Waals surface area (Å²) < 4.78 is 29.4. The highest BCUT2D eigenvalue weighted by Gasteiger charge is 2.79. The Bertz CT molecular complexity index is 1140. The molecule has 0 radical (unpaired) electrons. The van der Waals surface area contributed by atoms with E-state index >= 15 is 0 Å². The van der Waals surface area contributed by atoms with Gasteiger partial charge in [0, 0.05) is 39.5 Å². The van der Waals surface area contributed by atoms with Gasteiger partial charge in [0.1, 0.15) is 24.4 Å². The summed E-state index contributed by atoms with van der Waals surface area (Å²) in [6, 6.07) is 0. The largest absolute Gasteiger partial charge is 0.462 e. The van der Waals surface area contributed by atoms with Crippen LogP contribution in [0.1, 0.15) is 68.2 Å². The maximum absolute atomic E-state index is 12.8. The Kier molecular flexibility index (Phi) is 7.44. The van der Waals surface area contributed by atoms with E-state index in [1.54, 1.807) is 13.8 Å². The molecule has 0 amide bonds. The van der Waals surface area contributed by atoms with Gasteiger partial charge in [-0.1, -0.05) is 6.92 Å². The minimum absolute atomic E-state index is 0.0205. The lowest BCUT2D eigenvalue weighted by Crippen LogP contribution is -2.79. The fourth-order valence-corrected chi connectivity index (χ4v) is 8.05. The highest BCUT2D eigenvalue weighted by atomic mass is 16.6. The van der Waals surface area contributed by atoms with Gasteiger partial charge < -0.3 is 39.0 Å². The maximum atomic E-state index is 12.8. The van der Waals surface area contributed by atoms with E-state index in [0.717, 1.165) is 6.92 Å². The van der Waals surface area contributed by atoms with Crippen molar-refractivity contribution in [2.45, 2.75) is 116 Å². The summed E-state index contributed by atoms with van der Waals surface area (Å²) >= 11 is 0. The number of ether oxygens (including phenoxy) is 5. The first-order valence-electron chi connectivity index (χ1n) is 13.5. The third kappa shape index (κ3) is 4.17. The van der Waals surface area contributed by atoms with Crippen LogP contribution in [-0.4, -0.2) is 93.6 Å². The molecule has 0 spiro atoms. The van der Waals surface area contributed by atoms with Crippen LogP contribution >= 0.6 is 0 Å². The molecule has 4 rings (SSSR count). The van der Waals surface area contributed by atoms with E-state index in [-0.39, 0.29) is 25.0 Å². The van der Waals surface area contributed by atoms with Crippen molar-refractivity contribution >= 4 is 23.9 Å². The molecular formula is C28H40O12. The number of esters is 4. The fraction of sp³-hybridized carbons (Fsp3) is 0.786. The highest BCUT2D eigenvalue weighted by Crippen LogP contribution is 2.68. The van der Waals surface area contributed by atoms with Crippen molar-refractivity contribution in [1.82, 2.24) is 0 Å². The molecule has 10 atom stereocenters. The van der Waals surface area contributed by atoms with E-state index < -0.39 is 88.5 Å². The number of carbonyl (C=O) groups is 4. The van der Waals surface area contributed by atoms with Crippen LogP contribution in [0.4, 0.5) is 0 Å². The molecule has 0 unspecified atom stereocenters. The van der Waals surface area contributed by atoms with Gasteiger partial charge in [-0.2, -0.15) is 0 Å². The third-order valence-corrected chi connectivity index (χ3v) is 9.61. The SMILES string of the molecule is CC(=O)O[C@@H]1C2=C(C)[C@@H](O)C[C@@]2(C(C)(C)O)[C@@H](OC(C)=O)[C@H]2[C@]3(OC(C)=O)CO[C@@H]3C[C@H](OC(C)=O)[C@@]2(C)[C@H]1O. The molecule has 3 aliphatic carbocycles. The van der Waals surface area contributed by atoms with Crippen LogP contribution in [0.3, 0.4) is 0 Å². The average molecular weight is 569 g/mol. The molecule has 0 bridgehead atoms. The molecule has 0 aromatic carbocycles. The Morgan fingerprint density at radius 2 is 1.52 bits per heavy atom. The molecule has 1 heterocycles. The molecule has 1 aliphatic heterocycles. The topological polar surface area (TPSA) is 175 Å². The van der Waals surface area contributed by atoms with Crippen molar-refractivity contribution < 1.29 is 58.2 Å². The standard InChI is InChI=1S/C28H40O12/c1-12-17(33)10-27(25(6,7)35)20(12)21(38-14(3)30)23(34)26(8)18(37-13(2)29)9-19-28(11-36-19,40-16(5)32)22(26)24(27)39-15(4)31/h17-19,21-24,33-35H,9-11H2,1-8H3/t17-,18-,19+,21+,22+,23-,24-,26+,27-,28-/m0/s1. The number of hydrogen-bond acceptors (Lipinski definition) is 12. The molecule has 40 heavy (non-hydrogen) atoms. The third-order valence-electron chi connectivity index (χ3n) is 9.61. The summed E-state index contributed by atoms with van der Waals surface area (Å²) in [6.45, 7) is 10.8. The summed E-state index contributed by atoms with van der Waals surface area (Å²) in [5.41, 5.74) is -5.92. The summed E-state index contributed by atoms with van der Waals surface area (Å²) in [4.78, 5) is 50.2. The van der Waals surface area contributed by atoms with Gasteiger partial charge in [0.2, 0.25) is 0 Å². The molecule has 224 valence electrons. The second-order valence-corrected chi connectivity index (χ2v) is 12.4. The lowest BCUT2D eigenvalue weighted by molar-refractivity contribution is -0.352. The van der Waals surface area contributed by atoms with E-state index in [9.17, 15) is 34.5 Å². The van der Waals surface area contributed by atoms with Crippen molar-refractivity contribution in [2.24, 2.45) is 16.7 Å². The van der Waals surface area contributed by atoms with Crippen LogP contribution in [0.2, 0.25) is 0 Å². The Morgan fingerprint density at radius 3 is 1.98 bits per heavy atom. The number of rotatable bonds is 5. The van der Waals surface area contributed by atoms with Gasteiger partial charge in [0.15, 0.2) is 11.7 Å². The lowest BCUT2D eigenvalue weighted by atomic mass is 9.49. The zero-order valence-electron chi connectivity index (χ0n) is 24.2. The average Bonchev–Trinajstić information content (AvgIpc) is 3.03. The van der Waals surface area contributed by atoms with Crippen molar-refractivity contribution in [3.63, 3.8) is 0 Å². The Hall–Kier alpha value is -2.54. The molecule has 0 aromatic heterocycles. The van der Waals surface area contributed by atoms with Crippen LogP contribution in [0.15, 0.2) is 11.1 Å². The zero-order chi connectivity index (χ0) is 30.2. The number of hydrogen-bond donors (Lipinski definition) is 3. The Balaban J connectivity index is 2.16. The van der Waals surface area contributed by atoms with Gasteiger partial charge in [-0.3, -0.25) is 19.2 Å². The van der Waals surface area contributed by atoms with E-state index in [2.05, 4.69) is 0 Å². The highest BCUT2D eigenvalue weighted by molar-refractivity contribution is 5.69. The van der Waals surface area contributed by atoms with Crippen molar-refractivity contribution in [1.29, 1.82) is 0 Å². The molecule has 3 fully saturated rings. The predicted molar refractivity (Wildman–Crippen MR) is 135 cm³/mol. The summed E-state index contributed by atoms with van der Waals surface area (Å²) in [5, 5.41) is 35.4. The molecule has 12 nitrogen and oxygen atoms in total. The second-order valence-electron chi connectivity index (χ2n) is 12.4. The van der Waals surface area contributed by atoms with E-state index in [1.807, 2.05) is 0 Å². The zero-order valence-corrected chi connectivity index (χ0v) is 24.2. The first kappa shape index (κ1) is 30.4. The second kappa shape index (κ2) is 9.78. The van der Waals surface area contributed by atoms with Crippen LogP contribution in [-0.2, 0) is 42.9 Å². The summed E-state index contributed by atoms with van der Waals surface area (Å²) in [6.07, 6.45) is -7.61. The van der Waals surface area contributed by atoms with Crippen LogP contribution in [0.25, 0.3) is 0 Å². The van der Waals surface area contributed by atoms with Crippen LogP contribution in [0, 0.1) is 16.7 Å². The number of aliphatic hydroxyl groups excluding tert-OH is 2. The van der Waals surface area contributed by atoms with Crippen molar-refractivity contribution in [2.75, 3.05) is 6.61 Å². The minimum Gasteiger partial charge on any atom is -0.462 e. The quantitative estimate of drug-likeness (QED) is 0.241.